The number of nitrogens with zero attached hydrogens (tertiary/aromatic N) is 2. The maximum atomic E-state index is 12.5. The smallest absolute Gasteiger partial charge is 0.263 e. The van der Waals surface area contributed by atoms with Crippen molar-refractivity contribution in [3.8, 4) is 0 Å². The Kier molecular flexibility index (Phi) is 5.27. The third-order valence-corrected chi connectivity index (χ3v) is 6.73. The Morgan fingerprint density at radius 3 is 3.11 bits per heavy atom. The second-order valence-electron chi connectivity index (χ2n) is 8.05. The standard InChI is InChI=1S/C20H24BrN3O2S/c1-20(2)10-16-17(18(25)22-12-20)27-19(23-16)24-6-7-26-11-15(24)9-13-4-3-5-14(21)8-13/h3-5,8,15H,6-7,9-12H2,1-2H3,(H,22,25). The quantitative estimate of drug-likeness (QED) is 0.776. The van der Waals surface area contributed by atoms with Crippen LogP contribution in [-0.4, -0.2) is 43.2 Å². The summed E-state index contributed by atoms with van der Waals surface area (Å²) in [4.78, 5) is 20.5. The van der Waals surface area contributed by atoms with Crippen molar-refractivity contribution in [2.45, 2.75) is 32.7 Å². The van der Waals surface area contributed by atoms with Crippen LogP contribution in [0.3, 0.4) is 0 Å². The van der Waals surface area contributed by atoms with Gasteiger partial charge in [0.05, 0.1) is 24.9 Å². The molecule has 1 amide bonds. The SMILES string of the molecule is CC1(C)CNC(=O)c2sc(N3CCOCC3Cc3cccc(Br)c3)nc2C1. The lowest BCUT2D eigenvalue weighted by Gasteiger charge is -2.35. The Hall–Kier alpha value is -1.44. The van der Waals surface area contributed by atoms with E-state index in [-0.39, 0.29) is 17.4 Å². The van der Waals surface area contributed by atoms with Crippen LogP contribution in [0.1, 0.15) is 34.8 Å². The van der Waals surface area contributed by atoms with Crippen molar-refractivity contribution in [3.05, 3.63) is 44.9 Å². The van der Waals surface area contributed by atoms with E-state index in [1.165, 1.54) is 16.9 Å². The van der Waals surface area contributed by atoms with Gasteiger partial charge in [0.2, 0.25) is 0 Å². The van der Waals surface area contributed by atoms with Gasteiger partial charge in [-0.05, 0) is 36.0 Å². The molecule has 3 heterocycles. The molecule has 1 saturated heterocycles. The lowest BCUT2D eigenvalue weighted by atomic mass is 9.88. The number of aromatic nitrogens is 1. The van der Waals surface area contributed by atoms with E-state index in [9.17, 15) is 4.79 Å². The zero-order chi connectivity index (χ0) is 19.0. The van der Waals surface area contributed by atoms with Crippen molar-refractivity contribution < 1.29 is 9.53 Å². The van der Waals surface area contributed by atoms with E-state index in [0.717, 1.165) is 39.6 Å². The fourth-order valence-corrected chi connectivity index (χ4v) is 5.23. The summed E-state index contributed by atoms with van der Waals surface area (Å²) < 4.78 is 6.84. The number of morpholine rings is 1. The topological polar surface area (TPSA) is 54.5 Å². The summed E-state index contributed by atoms with van der Waals surface area (Å²) in [5, 5.41) is 3.99. The van der Waals surface area contributed by atoms with Crippen molar-refractivity contribution >= 4 is 38.3 Å². The molecule has 1 atom stereocenters. The van der Waals surface area contributed by atoms with Gasteiger partial charge >= 0.3 is 0 Å². The van der Waals surface area contributed by atoms with Gasteiger partial charge < -0.3 is 15.0 Å². The van der Waals surface area contributed by atoms with Gasteiger partial charge in [0.1, 0.15) is 4.88 Å². The van der Waals surface area contributed by atoms with E-state index in [4.69, 9.17) is 9.72 Å². The van der Waals surface area contributed by atoms with Crippen LogP contribution < -0.4 is 10.2 Å². The fraction of sp³-hybridized carbons (Fsp3) is 0.500. The Labute approximate surface area is 172 Å². The first-order valence-electron chi connectivity index (χ1n) is 9.28. The van der Waals surface area contributed by atoms with Gasteiger partial charge in [-0.1, -0.05) is 53.2 Å². The molecule has 7 heteroatoms. The van der Waals surface area contributed by atoms with Crippen LogP contribution in [-0.2, 0) is 17.6 Å². The number of hydrogen-bond donors (Lipinski definition) is 1. The Morgan fingerprint density at radius 1 is 1.44 bits per heavy atom. The van der Waals surface area contributed by atoms with Crippen LogP contribution in [0, 0.1) is 5.41 Å². The van der Waals surface area contributed by atoms with Crippen LogP contribution in [0.4, 0.5) is 5.13 Å². The van der Waals surface area contributed by atoms with Crippen LogP contribution in [0.25, 0.3) is 0 Å². The monoisotopic (exact) mass is 449 g/mol. The number of thiazole rings is 1. The minimum absolute atomic E-state index is 0.0103. The number of fused-ring (bicyclic) bond motifs is 1. The largest absolute Gasteiger partial charge is 0.377 e. The molecule has 0 spiro atoms. The highest BCUT2D eigenvalue weighted by atomic mass is 79.9. The van der Waals surface area contributed by atoms with E-state index in [1.54, 1.807) is 0 Å². The molecular weight excluding hydrogens is 426 g/mol. The molecule has 144 valence electrons. The maximum Gasteiger partial charge on any atom is 0.263 e. The van der Waals surface area contributed by atoms with Gasteiger partial charge in [0, 0.05) is 17.6 Å². The lowest BCUT2D eigenvalue weighted by molar-refractivity contribution is 0.0940. The number of carbonyl (C=O) groups excluding carboxylic acids is 1. The molecule has 4 rings (SSSR count). The van der Waals surface area contributed by atoms with Gasteiger partial charge in [-0.15, -0.1) is 0 Å². The van der Waals surface area contributed by atoms with Gasteiger partial charge in [-0.25, -0.2) is 4.98 Å². The number of halogens is 1. The molecule has 0 aliphatic carbocycles. The summed E-state index contributed by atoms with van der Waals surface area (Å²) in [6.07, 6.45) is 1.71. The fourth-order valence-electron chi connectivity index (χ4n) is 3.69. The number of amides is 1. The summed E-state index contributed by atoms with van der Waals surface area (Å²) in [5.41, 5.74) is 2.22. The lowest BCUT2D eigenvalue weighted by Crippen LogP contribution is -2.46. The van der Waals surface area contributed by atoms with E-state index >= 15 is 0 Å². The zero-order valence-corrected chi connectivity index (χ0v) is 18.0. The van der Waals surface area contributed by atoms with Crippen LogP contribution in [0.15, 0.2) is 28.7 Å². The van der Waals surface area contributed by atoms with E-state index in [0.29, 0.717) is 19.8 Å². The number of nitrogens with one attached hydrogen (secondary N) is 1. The van der Waals surface area contributed by atoms with Crippen molar-refractivity contribution in [2.24, 2.45) is 5.41 Å². The third kappa shape index (κ3) is 4.20. The molecule has 0 radical (unpaired) electrons. The zero-order valence-electron chi connectivity index (χ0n) is 15.6. The first-order chi connectivity index (χ1) is 12.9. The molecular formula is C20H24BrN3O2S. The second kappa shape index (κ2) is 7.53. The second-order valence-corrected chi connectivity index (χ2v) is 9.95. The Bertz CT molecular complexity index is 852. The molecule has 2 aliphatic rings. The van der Waals surface area contributed by atoms with E-state index in [1.807, 2.05) is 6.07 Å². The summed E-state index contributed by atoms with van der Waals surface area (Å²) in [6.45, 7) is 7.20. The van der Waals surface area contributed by atoms with Crippen molar-refractivity contribution in [1.29, 1.82) is 0 Å². The van der Waals surface area contributed by atoms with Gasteiger partial charge in [0.25, 0.3) is 5.91 Å². The minimum atomic E-state index is 0.0103. The third-order valence-electron chi connectivity index (χ3n) is 5.10. The number of carbonyl (C=O) groups is 1. The van der Waals surface area contributed by atoms with Gasteiger partial charge in [-0.3, -0.25) is 4.79 Å². The van der Waals surface area contributed by atoms with Crippen LogP contribution in [0.5, 0.6) is 0 Å². The maximum absolute atomic E-state index is 12.5. The van der Waals surface area contributed by atoms with Crippen LogP contribution in [0.2, 0.25) is 0 Å². The summed E-state index contributed by atoms with van der Waals surface area (Å²) in [5.74, 6) is 0.0103. The Balaban J connectivity index is 1.61. The number of anilines is 1. The normalized spacial score (nSPS) is 22.1. The average Bonchev–Trinajstić information content (AvgIpc) is 2.99. The van der Waals surface area contributed by atoms with Crippen LogP contribution >= 0.6 is 27.3 Å². The molecule has 1 N–H and O–H groups in total. The predicted molar refractivity (Wildman–Crippen MR) is 112 cm³/mol. The first kappa shape index (κ1) is 18.9. The molecule has 1 fully saturated rings. The molecule has 0 saturated carbocycles. The number of rotatable bonds is 3. The number of benzene rings is 1. The number of ether oxygens (including phenoxy) is 1. The van der Waals surface area contributed by atoms with Crippen molar-refractivity contribution in [2.75, 3.05) is 31.2 Å². The highest BCUT2D eigenvalue weighted by Crippen LogP contribution is 2.34. The molecule has 5 nitrogen and oxygen atoms in total. The highest BCUT2D eigenvalue weighted by Gasteiger charge is 2.33. The molecule has 2 aliphatic heterocycles. The molecule has 0 bridgehead atoms. The summed E-state index contributed by atoms with van der Waals surface area (Å²) in [6, 6.07) is 8.62. The van der Waals surface area contributed by atoms with Crippen molar-refractivity contribution in [3.63, 3.8) is 0 Å². The van der Waals surface area contributed by atoms with Gasteiger partial charge in [0.15, 0.2) is 5.13 Å². The molecule has 1 unspecified atom stereocenters. The van der Waals surface area contributed by atoms with Crippen molar-refractivity contribution in [1.82, 2.24) is 10.3 Å². The number of hydrogen-bond acceptors (Lipinski definition) is 5. The predicted octanol–water partition coefficient (Wildman–Crippen LogP) is 3.67. The first-order valence-corrected chi connectivity index (χ1v) is 10.9. The molecule has 1 aromatic carbocycles. The highest BCUT2D eigenvalue weighted by molar-refractivity contribution is 9.10. The molecule has 1 aromatic heterocycles. The molecule has 2 aromatic rings. The molecule has 27 heavy (non-hydrogen) atoms. The van der Waals surface area contributed by atoms with E-state index < -0.39 is 0 Å². The Morgan fingerprint density at radius 2 is 2.30 bits per heavy atom. The minimum Gasteiger partial charge on any atom is -0.377 e. The van der Waals surface area contributed by atoms with E-state index in [2.05, 4.69) is 58.2 Å². The summed E-state index contributed by atoms with van der Waals surface area (Å²) >= 11 is 5.07. The summed E-state index contributed by atoms with van der Waals surface area (Å²) in [7, 11) is 0. The van der Waals surface area contributed by atoms with Gasteiger partial charge in [-0.2, -0.15) is 0 Å². The average molecular weight is 450 g/mol.